The van der Waals surface area contributed by atoms with E-state index in [9.17, 15) is 9.59 Å². The fourth-order valence-corrected chi connectivity index (χ4v) is 4.68. The number of nitrogens with zero attached hydrogens (tertiary/aromatic N) is 1. The molecule has 2 amide bonds. The van der Waals surface area contributed by atoms with Crippen LogP contribution in [-0.2, 0) is 16.0 Å². The zero-order valence-corrected chi connectivity index (χ0v) is 20.7. The third-order valence-corrected chi connectivity index (χ3v) is 6.64. The molecule has 2 aromatic carbocycles. The van der Waals surface area contributed by atoms with Gasteiger partial charge >= 0.3 is 0 Å². The quantitative estimate of drug-likeness (QED) is 0.481. The zero-order chi connectivity index (χ0) is 22.9. The predicted molar refractivity (Wildman–Crippen MR) is 131 cm³/mol. The molecular formula is C25H30BrClN2O3. The monoisotopic (exact) mass is 520 g/mol. The maximum Gasteiger partial charge on any atom is 0.261 e. The summed E-state index contributed by atoms with van der Waals surface area (Å²) in [5.74, 6) is 0.0803. The Morgan fingerprint density at radius 2 is 1.88 bits per heavy atom. The fraction of sp³-hybridized carbons (Fsp3) is 0.440. The molecule has 0 radical (unpaired) electrons. The third-order valence-electron chi connectivity index (χ3n) is 5.85. The molecule has 5 nitrogen and oxygen atoms in total. The average molecular weight is 522 g/mol. The van der Waals surface area contributed by atoms with Gasteiger partial charge in [0.2, 0.25) is 5.91 Å². The van der Waals surface area contributed by atoms with Crippen LogP contribution in [0.3, 0.4) is 0 Å². The van der Waals surface area contributed by atoms with Gasteiger partial charge in [-0.3, -0.25) is 9.59 Å². The van der Waals surface area contributed by atoms with Crippen LogP contribution >= 0.6 is 27.5 Å². The van der Waals surface area contributed by atoms with Crippen LogP contribution < -0.4 is 10.1 Å². The van der Waals surface area contributed by atoms with E-state index in [1.165, 1.54) is 6.42 Å². The number of benzene rings is 2. The van der Waals surface area contributed by atoms with E-state index >= 15 is 0 Å². The number of amides is 2. The van der Waals surface area contributed by atoms with Crippen LogP contribution in [0, 0.1) is 0 Å². The minimum Gasteiger partial charge on any atom is -0.482 e. The second-order valence-electron chi connectivity index (χ2n) is 8.21. The highest BCUT2D eigenvalue weighted by molar-refractivity contribution is 9.10. The van der Waals surface area contributed by atoms with E-state index in [0.29, 0.717) is 23.7 Å². The highest BCUT2D eigenvalue weighted by Crippen LogP contribution is 2.27. The number of carbonyl (C=O) groups excluding carboxylic acids is 2. The minimum atomic E-state index is -0.586. The van der Waals surface area contributed by atoms with Gasteiger partial charge in [-0.2, -0.15) is 0 Å². The molecule has 1 aliphatic rings. The Bertz CT molecular complexity index is 903. The highest BCUT2D eigenvalue weighted by atomic mass is 79.9. The first-order valence-electron chi connectivity index (χ1n) is 11.2. The summed E-state index contributed by atoms with van der Waals surface area (Å²) < 4.78 is 6.52. The standard InChI is InChI=1S/C25H30BrClN2O3/c1-18(25(31)28-21-10-6-3-7-11-21)29(15-14-19-8-4-2-5-9-19)24(30)17-32-23-13-12-20(26)16-22(23)27/h2,4-5,8-9,12-13,16,18,21H,3,6-7,10-11,14-15,17H2,1H3,(H,28,31)/t18-/m1/s1. The van der Waals surface area contributed by atoms with Crippen molar-refractivity contribution in [1.29, 1.82) is 0 Å². The summed E-state index contributed by atoms with van der Waals surface area (Å²) in [5, 5.41) is 3.56. The Morgan fingerprint density at radius 1 is 1.16 bits per heavy atom. The van der Waals surface area contributed by atoms with Crippen LogP contribution in [0.25, 0.3) is 0 Å². The molecular weight excluding hydrogens is 492 g/mol. The summed E-state index contributed by atoms with van der Waals surface area (Å²) >= 11 is 9.57. The largest absolute Gasteiger partial charge is 0.482 e. The van der Waals surface area contributed by atoms with Crippen molar-refractivity contribution < 1.29 is 14.3 Å². The smallest absolute Gasteiger partial charge is 0.261 e. The molecule has 0 aliphatic heterocycles. The second kappa shape index (κ2) is 12.3. The van der Waals surface area contributed by atoms with Crippen LogP contribution in [0.2, 0.25) is 5.02 Å². The van der Waals surface area contributed by atoms with Crippen molar-refractivity contribution in [3.63, 3.8) is 0 Å². The SMILES string of the molecule is C[C@H](C(=O)NC1CCCCC1)N(CCc1ccccc1)C(=O)COc1ccc(Br)cc1Cl. The van der Waals surface area contributed by atoms with Crippen molar-refractivity contribution in [3.8, 4) is 5.75 Å². The lowest BCUT2D eigenvalue weighted by atomic mass is 9.95. The Kier molecular flexibility index (Phi) is 9.42. The van der Waals surface area contributed by atoms with E-state index in [0.717, 1.165) is 35.7 Å². The topological polar surface area (TPSA) is 58.6 Å². The van der Waals surface area contributed by atoms with Gasteiger partial charge < -0.3 is 15.0 Å². The van der Waals surface area contributed by atoms with Gasteiger partial charge in [0, 0.05) is 17.1 Å². The second-order valence-corrected chi connectivity index (χ2v) is 9.53. The van der Waals surface area contributed by atoms with E-state index in [1.54, 1.807) is 30.0 Å². The third kappa shape index (κ3) is 7.24. The van der Waals surface area contributed by atoms with Crippen LogP contribution in [0.5, 0.6) is 5.75 Å². The van der Waals surface area contributed by atoms with Crippen LogP contribution in [-0.4, -0.2) is 41.9 Å². The molecule has 0 spiro atoms. The lowest BCUT2D eigenvalue weighted by Crippen LogP contribution is -2.52. The van der Waals surface area contributed by atoms with Gasteiger partial charge in [0.05, 0.1) is 5.02 Å². The van der Waals surface area contributed by atoms with Gasteiger partial charge in [-0.15, -0.1) is 0 Å². The van der Waals surface area contributed by atoms with Crippen molar-refractivity contribution in [2.24, 2.45) is 0 Å². The average Bonchev–Trinajstić information content (AvgIpc) is 2.80. The molecule has 0 aromatic heterocycles. The molecule has 0 saturated heterocycles. The summed E-state index contributed by atoms with van der Waals surface area (Å²) in [7, 11) is 0. The van der Waals surface area contributed by atoms with Crippen molar-refractivity contribution in [2.75, 3.05) is 13.2 Å². The molecule has 0 unspecified atom stereocenters. The molecule has 1 atom stereocenters. The number of carbonyl (C=O) groups is 2. The fourth-order valence-electron chi connectivity index (χ4n) is 3.95. The van der Waals surface area contributed by atoms with Gasteiger partial charge in [0.25, 0.3) is 5.91 Å². The van der Waals surface area contributed by atoms with E-state index < -0.39 is 6.04 Å². The van der Waals surface area contributed by atoms with Crippen molar-refractivity contribution in [2.45, 2.75) is 57.5 Å². The first-order valence-corrected chi connectivity index (χ1v) is 12.3. The normalized spacial score (nSPS) is 15.1. The summed E-state index contributed by atoms with van der Waals surface area (Å²) in [4.78, 5) is 27.7. The van der Waals surface area contributed by atoms with Crippen LogP contribution in [0.4, 0.5) is 0 Å². The number of hydrogen-bond acceptors (Lipinski definition) is 3. The maximum atomic E-state index is 13.1. The first kappa shape index (κ1) is 24.6. The first-order chi connectivity index (χ1) is 15.4. The van der Waals surface area contributed by atoms with E-state index in [4.69, 9.17) is 16.3 Å². The number of rotatable bonds is 9. The lowest BCUT2D eigenvalue weighted by molar-refractivity contribution is -0.141. The van der Waals surface area contributed by atoms with Gasteiger partial charge in [-0.25, -0.2) is 0 Å². The van der Waals surface area contributed by atoms with Crippen molar-refractivity contribution in [3.05, 3.63) is 63.6 Å². The molecule has 7 heteroatoms. The van der Waals surface area contributed by atoms with Gasteiger partial charge in [0.1, 0.15) is 11.8 Å². The molecule has 1 aliphatic carbocycles. The summed E-state index contributed by atoms with van der Waals surface area (Å²) in [5.41, 5.74) is 1.11. The minimum absolute atomic E-state index is 0.111. The molecule has 3 rings (SSSR count). The van der Waals surface area contributed by atoms with Crippen molar-refractivity contribution >= 4 is 39.3 Å². The van der Waals surface area contributed by atoms with Gasteiger partial charge in [0.15, 0.2) is 6.61 Å². The molecule has 32 heavy (non-hydrogen) atoms. The Morgan fingerprint density at radius 3 is 2.56 bits per heavy atom. The van der Waals surface area contributed by atoms with E-state index in [-0.39, 0.29) is 24.5 Å². The van der Waals surface area contributed by atoms with E-state index in [1.807, 2.05) is 30.3 Å². The molecule has 172 valence electrons. The van der Waals surface area contributed by atoms with E-state index in [2.05, 4.69) is 21.2 Å². The number of nitrogens with one attached hydrogen (secondary N) is 1. The van der Waals surface area contributed by atoms with Crippen molar-refractivity contribution in [1.82, 2.24) is 10.2 Å². The Balaban J connectivity index is 1.66. The number of ether oxygens (including phenoxy) is 1. The summed E-state index contributed by atoms with van der Waals surface area (Å²) in [6, 6.07) is 14.8. The molecule has 0 bridgehead atoms. The molecule has 1 fully saturated rings. The maximum absolute atomic E-state index is 13.1. The number of halogens is 2. The summed E-state index contributed by atoms with van der Waals surface area (Å²) in [6.07, 6.45) is 6.16. The van der Waals surface area contributed by atoms with Gasteiger partial charge in [-0.05, 0) is 49.9 Å². The Hall–Kier alpha value is -2.05. The van der Waals surface area contributed by atoms with Crippen LogP contribution in [0.15, 0.2) is 53.0 Å². The Labute approximate surface area is 203 Å². The molecule has 1 N–H and O–H groups in total. The highest BCUT2D eigenvalue weighted by Gasteiger charge is 2.28. The molecule has 1 saturated carbocycles. The van der Waals surface area contributed by atoms with Gasteiger partial charge in [-0.1, -0.05) is 77.1 Å². The number of hydrogen-bond donors (Lipinski definition) is 1. The summed E-state index contributed by atoms with van der Waals surface area (Å²) in [6.45, 7) is 2.03. The molecule has 2 aromatic rings. The van der Waals surface area contributed by atoms with Crippen LogP contribution in [0.1, 0.15) is 44.6 Å². The lowest BCUT2D eigenvalue weighted by Gasteiger charge is -2.31. The predicted octanol–water partition coefficient (Wildman–Crippen LogP) is 5.39. The zero-order valence-electron chi connectivity index (χ0n) is 18.4. The molecule has 0 heterocycles.